The van der Waals surface area contributed by atoms with Crippen LogP contribution in [0.5, 0.6) is 0 Å². The number of pyridine rings is 1. The van der Waals surface area contributed by atoms with Gasteiger partial charge in [0.15, 0.2) is 0 Å². The molecule has 8 heteroatoms. The van der Waals surface area contributed by atoms with Gasteiger partial charge in [0.1, 0.15) is 5.69 Å². The summed E-state index contributed by atoms with van der Waals surface area (Å²) in [5.41, 5.74) is 3.30. The first-order valence-corrected chi connectivity index (χ1v) is 11.1. The summed E-state index contributed by atoms with van der Waals surface area (Å²) in [7, 11) is -3.68. The molecule has 154 valence electrons. The summed E-state index contributed by atoms with van der Waals surface area (Å²) in [6, 6.07) is 17.3. The van der Waals surface area contributed by atoms with Gasteiger partial charge in [-0.05, 0) is 41.5 Å². The molecule has 31 heavy (non-hydrogen) atoms. The molecular weight excluding hydrogens is 412 g/mol. The van der Waals surface area contributed by atoms with Crippen molar-refractivity contribution in [3.05, 3.63) is 108 Å². The molecule has 0 unspecified atom stereocenters. The third-order valence-corrected chi connectivity index (χ3v) is 7.13. The summed E-state index contributed by atoms with van der Waals surface area (Å²) in [6.45, 7) is 0.437. The largest absolute Gasteiger partial charge is 0.306 e. The Balaban J connectivity index is 1.38. The van der Waals surface area contributed by atoms with Crippen molar-refractivity contribution in [2.45, 2.75) is 18.0 Å². The van der Waals surface area contributed by atoms with Gasteiger partial charge in [0.25, 0.3) is 0 Å². The van der Waals surface area contributed by atoms with Crippen molar-refractivity contribution in [1.29, 1.82) is 0 Å². The zero-order chi connectivity index (χ0) is 21.4. The van der Waals surface area contributed by atoms with Gasteiger partial charge in [-0.25, -0.2) is 13.4 Å². The fourth-order valence-corrected chi connectivity index (χ4v) is 5.03. The maximum absolute atomic E-state index is 13.2. The summed E-state index contributed by atoms with van der Waals surface area (Å²) < 4.78 is 29.5. The van der Waals surface area contributed by atoms with Crippen molar-refractivity contribution in [2.75, 3.05) is 0 Å². The normalized spacial score (nSPS) is 13.8. The molecule has 0 atom stereocenters. The van der Waals surface area contributed by atoms with E-state index in [1.54, 1.807) is 84.1 Å². The number of aromatic nitrogens is 3. The Morgan fingerprint density at radius 3 is 2.39 bits per heavy atom. The van der Waals surface area contributed by atoms with Crippen LogP contribution >= 0.6 is 0 Å². The average Bonchev–Trinajstić information content (AvgIpc) is 3.49. The molecule has 0 radical (unpaired) electrons. The summed E-state index contributed by atoms with van der Waals surface area (Å²) in [5, 5.41) is 0. The van der Waals surface area contributed by atoms with Crippen LogP contribution in [0.15, 0.2) is 90.5 Å². The number of hydrogen-bond acceptors (Lipinski definition) is 5. The summed E-state index contributed by atoms with van der Waals surface area (Å²) in [4.78, 5) is 21.2. The molecule has 1 aliphatic rings. The molecule has 2 aromatic carbocycles. The molecule has 7 nitrogen and oxygen atoms in total. The van der Waals surface area contributed by atoms with Gasteiger partial charge in [-0.3, -0.25) is 9.78 Å². The smallest absolute Gasteiger partial charge is 0.243 e. The molecule has 3 heterocycles. The molecule has 1 aliphatic heterocycles. The number of rotatable bonds is 5. The van der Waals surface area contributed by atoms with Crippen LogP contribution in [0, 0.1) is 0 Å². The maximum atomic E-state index is 13.2. The first kappa shape index (κ1) is 19.3. The molecule has 2 aromatic heterocycles. The topological polar surface area (TPSA) is 85.2 Å². The van der Waals surface area contributed by atoms with Crippen molar-refractivity contribution in [2.24, 2.45) is 0 Å². The highest BCUT2D eigenvalue weighted by atomic mass is 32.2. The Hall–Kier alpha value is -3.62. The van der Waals surface area contributed by atoms with Crippen LogP contribution in [0.2, 0.25) is 0 Å². The van der Waals surface area contributed by atoms with Crippen LogP contribution in [-0.2, 0) is 23.1 Å². The molecule has 0 N–H and O–H groups in total. The Bertz CT molecular complexity index is 1350. The van der Waals surface area contributed by atoms with Gasteiger partial charge in [-0.2, -0.15) is 4.31 Å². The van der Waals surface area contributed by atoms with Crippen LogP contribution in [-0.4, -0.2) is 33.0 Å². The lowest BCUT2D eigenvalue weighted by molar-refractivity contribution is 0.103. The average molecular weight is 430 g/mol. The van der Waals surface area contributed by atoms with E-state index >= 15 is 0 Å². The summed E-state index contributed by atoms with van der Waals surface area (Å²) >= 11 is 0. The Kier molecular flexibility index (Phi) is 4.72. The van der Waals surface area contributed by atoms with E-state index in [2.05, 4.69) is 9.97 Å². The van der Waals surface area contributed by atoms with Crippen LogP contribution in [0.25, 0.3) is 5.69 Å². The lowest BCUT2D eigenvalue weighted by atomic mass is 10.1. The van der Waals surface area contributed by atoms with Gasteiger partial charge in [0, 0.05) is 42.9 Å². The van der Waals surface area contributed by atoms with Gasteiger partial charge >= 0.3 is 0 Å². The fourth-order valence-electron chi connectivity index (χ4n) is 3.63. The van der Waals surface area contributed by atoms with Crippen molar-refractivity contribution < 1.29 is 13.2 Å². The highest BCUT2D eigenvalue weighted by Gasteiger charge is 2.31. The predicted octanol–water partition coefficient (Wildman–Crippen LogP) is 3.20. The third-order valence-electron chi connectivity index (χ3n) is 5.32. The minimum absolute atomic E-state index is 0.181. The summed E-state index contributed by atoms with van der Waals surface area (Å²) in [5.74, 6) is -0.181. The van der Waals surface area contributed by atoms with E-state index in [-0.39, 0.29) is 23.8 Å². The second kappa shape index (κ2) is 7.57. The zero-order valence-electron chi connectivity index (χ0n) is 16.4. The molecule has 0 saturated carbocycles. The number of fused-ring (bicyclic) bond motifs is 1. The standard InChI is InChI=1S/C23H18N4O3S/c28-23(17-4-2-1-3-5-17)22-12-18-14-27(15-19(18)13-25-22)31(29,30)21-8-6-20(7-9-21)26-11-10-24-16-26/h1-13,16H,14-15H2. The zero-order valence-corrected chi connectivity index (χ0v) is 17.2. The van der Waals surface area contributed by atoms with Crippen molar-refractivity contribution in [1.82, 2.24) is 18.8 Å². The minimum atomic E-state index is -3.68. The van der Waals surface area contributed by atoms with Gasteiger partial charge in [-0.15, -0.1) is 0 Å². The van der Waals surface area contributed by atoms with Gasteiger partial charge < -0.3 is 4.57 Å². The maximum Gasteiger partial charge on any atom is 0.243 e. The summed E-state index contributed by atoms with van der Waals surface area (Å²) in [6.07, 6.45) is 6.71. The first-order valence-electron chi connectivity index (χ1n) is 9.68. The second-order valence-corrected chi connectivity index (χ2v) is 9.21. The van der Waals surface area contributed by atoms with Crippen LogP contribution in [0.4, 0.5) is 0 Å². The number of imidazole rings is 1. The molecule has 4 aromatic rings. The van der Waals surface area contributed by atoms with E-state index in [1.807, 2.05) is 6.07 Å². The van der Waals surface area contributed by atoms with Gasteiger partial charge in [-0.1, -0.05) is 30.3 Å². The molecule has 0 saturated heterocycles. The van der Waals surface area contributed by atoms with Gasteiger partial charge in [0.05, 0.1) is 11.2 Å². The molecular formula is C23H18N4O3S. The molecule has 0 bridgehead atoms. The third kappa shape index (κ3) is 3.56. The highest BCUT2D eigenvalue weighted by molar-refractivity contribution is 7.89. The van der Waals surface area contributed by atoms with Gasteiger partial charge in [0.2, 0.25) is 15.8 Å². The SMILES string of the molecule is O=C(c1ccccc1)c1cc2c(cn1)CN(S(=O)(=O)c1ccc(-n3ccnc3)cc1)C2. The Labute approximate surface area is 179 Å². The number of nitrogens with zero attached hydrogens (tertiary/aromatic N) is 4. The molecule has 5 rings (SSSR count). The number of sulfonamides is 1. The van der Waals surface area contributed by atoms with Crippen molar-refractivity contribution >= 4 is 15.8 Å². The molecule has 0 fully saturated rings. The predicted molar refractivity (Wildman–Crippen MR) is 114 cm³/mol. The number of hydrogen-bond donors (Lipinski definition) is 0. The lowest BCUT2D eigenvalue weighted by Crippen LogP contribution is -2.25. The van der Waals surface area contributed by atoms with E-state index in [1.165, 1.54) is 4.31 Å². The van der Waals surface area contributed by atoms with E-state index in [0.717, 1.165) is 16.8 Å². The highest BCUT2D eigenvalue weighted by Crippen LogP contribution is 2.29. The quantitative estimate of drug-likeness (QED) is 0.454. The monoisotopic (exact) mass is 430 g/mol. The second-order valence-electron chi connectivity index (χ2n) is 7.27. The Morgan fingerprint density at radius 2 is 1.68 bits per heavy atom. The van der Waals surface area contributed by atoms with E-state index in [4.69, 9.17) is 0 Å². The van der Waals surface area contributed by atoms with E-state index in [9.17, 15) is 13.2 Å². The molecule has 0 aliphatic carbocycles. The van der Waals surface area contributed by atoms with E-state index in [0.29, 0.717) is 11.3 Å². The van der Waals surface area contributed by atoms with Crippen LogP contribution in [0.1, 0.15) is 27.2 Å². The van der Waals surface area contributed by atoms with Crippen LogP contribution < -0.4 is 0 Å². The van der Waals surface area contributed by atoms with Crippen LogP contribution in [0.3, 0.4) is 0 Å². The number of carbonyl (C=O) groups is 1. The minimum Gasteiger partial charge on any atom is -0.306 e. The number of benzene rings is 2. The molecule has 0 amide bonds. The fraction of sp³-hybridized carbons (Fsp3) is 0.0870. The van der Waals surface area contributed by atoms with E-state index < -0.39 is 10.0 Å². The van der Waals surface area contributed by atoms with Crippen molar-refractivity contribution in [3.8, 4) is 5.69 Å². The first-order chi connectivity index (χ1) is 15.0. The van der Waals surface area contributed by atoms with Crippen molar-refractivity contribution in [3.63, 3.8) is 0 Å². The number of ketones is 1. The molecule has 0 spiro atoms. The lowest BCUT2D eigenvalue weighted by Gasteiger charge is -2.16. The number of carbonyl (C=O) groups excluding carboxylic acids is 1. The Morgan fingerprint density at radius 1 is 0.935 bits per heavy atom.